The number of anilines is 1. The Morgan fingerprint density at radius 1 is 1.10 bits per heavy atom. The van der Waals surface area contributed by atoms with Crippen LogP contribution in [0.1, 0.15) is 34.0 Å². The summed E-state index contributed by atoms with van der Waals surface area (Å²) >= 11 is 0. The molecule has 3 N–H and O–H groups in total. The zero-order chi connectivity index (χ0) is 15.4. The fourth-order valence-corrected chi connectivity index (χ4v) is 1.93. The molecule has 0 heterocycles. The Labute approximate surface area is 124 Å². The molecule has 1 amide bonds. The van der Waals surface area contributed by atoms with Gasteiger partial charge in [0, 0.05) is 5.69 Å². The third-order valence-electron chi connectivity index (χ3n) is 3.46. The van der Waals surface area contributed by atoms with Gasteiger partial charge in [-0.25, -0.2) is 5.43 Å². The average Bonchev–Trinajstić information content (AvgIpc) is 2.47. The van der Waals surface area contributed by atoms with Gasteiger partial charge >= 0.3 is 0 Å². The highest BCUT2D eigenvalue weighted by atomic mass is 16.2. The van der Waals surface area contributed by atoms with Gasteiger partial charge in [-0.3, -0.25) is 4.79 Å². The molecule has 0 bridgehead atoms. The molecule has 0 unspecified atom stereocenters. The number of nitrogens with one attached hydrogen (secondary N) is 1. The molecule has 0 spiro atoms. The molecule has 4 nitrogen and oxygen atoms in total. The lowest BCUT2D eigenvalue weighted by Gasteiger charge is -2.07. The molecule has 0 fully saturated rings. The van der Waals surface area contributed by atoms with Crippen LogP contribution in [-0.4, -0.2) is 11.6 Å². The molecule has 2 rings (SSSR count). The lowest BCUT2D eigenvalue weighted by atomic mass is 10.0. The minimum atomic E-state index is -0.309. The van der Waals surface area contributed by atoms with E-state index in [1.165, 1.54) is 11.1 Å². The van der Waals surface area contributed by atoms with Crippen LogP contribution in [0, 0.1) is 13.8 Å². The van der Waals surface area contributed by atoms with Gasteiger partial charge in [-0.1, -0.05) is 24.3 Å². The number of rotatable bonds is 3. The SMILES string of the molecule is C/C(=N/NC(=O)c1ccccc1N)c1ccc(C)c(C)c1. The van der Waals surface area contributed by atoms with Crippen molar-refractivity contribution in [2.45, 2.75) is 20.8 Å². The zero-order valence-electron chi connectivity index (χ0n) is 12.5. The van der Waals surface area contributed by atoms with Crippen molar-refractivity contribution in [2.24, 2.45) is 5.10 Å². The first kappa shape index (κ1) is 14.8. The van der Waals surface area contributed by atoms with Gasteiger partial charge in [-0.15, -0.1) is 0 Å². The summed E-state index contributed by atoms with van der Waals surface area (Å²) in [4.78, 5) is 12.0. The van der Waals surface area contributed by atoms with Gasteiger partial charge in [0.2, 0.25) is 0 Å². The first-order valence-corrected chi connectivity index (χ1v) is 6.76. The number of hydrogen-bond acceptors (Lipinski definition) is 3. The number of para-hydroxylation sites is 1. The molecule has 0 saturated carbocycles. The molecular formula is C17H19N3O. The molecule has 0 aromatic heterocycles. The number of aryl methyl sites for hydroxylation is 2. The van der Waals surface area contributed by atoms with Gasteiger partial charge in [0.25, 0.3) is 5.91 Å². The maximum atomic E-state index is 12.0. The number of hydrazone groups is 1. The number of hydrogen-bond donors (Lipinski definition) is 2. The third-order valence-corrected chi connectivity index (χ3v) is 3.46. The molecule has 4 heteroatoms. The van der Waals surface area contributed by atoms with Crippen LogP contribution in [0.2, 0.25) is 0 Å². The van der Waals surface area contributed by atoms with Crippen molar-refractivity contribution in [3.05, 3.63) is 64.7 Å². The van der Waals surface area contributed by atoms with E-state index in [9.17, 15) is 4.79 Å². The van der Waals surface area contributed by atoms with E-state index in [2.05, 4.69) is 30.4 Å². The second-order valence-electron chi connectivity index (χ2n) is 5.02. The molecule has 0 aliphatic heterocycles. The summed E-state index contributed by atoms with van der Waals surface area (Å²) < 4.78 is 0. The van der Waals surface area contributed by atoms with Gasteiger partial charge in [0.05, 0.1) is 11.3 Å². The maximum absolute atomic E-state index is 12.0. The van der Waals surface area contributed by atoms with Crippen LogP contribution in [0.3, 0.4) is 0 Å². The largest absolute Gasteiger partial charge is 0.398 e. The molecule has 0 saturated heterocycles. The fraction of sp³-hybridized carbons (Fsp3) is 0.176. The number of carbonyl (C=O) groups is 1. The lowest BCUT2D eigenvalue weighted by molar-refractivity contribution is 0.0955. The van der Waals surface area contributed by atoms with Crippen LogP contribution < -0.4 is 11.2 Å². The molecule has 0 atom stereocenters. The van der Waals surface area contributed by atoms with Gasteiger partial charge < -0.3 is 5.73 Å². The van der Waals surface area contributed by atoms with E-state index in [0.717, 1.165) is 11.3 Å². The Morgan fingerprint density at radius 3 is 2.48 bits per heavy atom. The summed E-state index contributed by atoms with van der Waals surface area (Å²) in [6.07, 6.45) is 0. The summed E-state index contributed by atoms with van der Waals surface area (Å²) in [5.74, 6) is -0.309. The molecule has 0 radical (unpaired) electrons. The zero-order valence-corrected chi connectivity index (χ0v) is 12.5. The standard InChI is InChI=1S/C17H19N3O/c1-11-8-9-14(10-12(11)2)13(3)19-20-17(21)15-6-4-5-7-16(15)18/h4-10H,18H2,1-3H3,(H,20,21)/b19-13-. The van der Waals surface area contributed by atoms with E-state index in [-0.39, 0.29) is 5.91 Å². The van der Waals surface area contributed by atoms with E-state index in [1.54, 1.807) is 24.3 Å². The molecule has 2 aromatic rings. The second-order valence-corrected chi connectivity index (χ2v) is 5.02. The summed E-state index contributed by atoms with van der Waals surface area (Å²) in [5, 5.41) is 4.14. The van der Waals surface area contributed by atoms with Gasteiger partial charge in [-0.2, -0.15) is 5.10 Å². The summed E-state index contributed by atoms with van der Waals surface area (Å²) in [6, 6.07) is 13.0. The quantitative estimate of drug-likeness (QED) is 0.516. The highest BCUT2D eigenvalue weighted by Crippen LogP contribution is 2.12. The summed E-state index contributed by atoms with van der Waals surface area (Å²) in [7, 11) is 0. The van der Waals surface area contributed by atoms with Crippen molar-refractivity contribution in [2.75, 3.05) is 5.73 Å². The number of carbonyl (C=O) groups excluding carboxylic acids is 1. The van der Waals surface area contributed by atoms with E-state index in [0.29, 0.717) is 11.3 Å². The molecule has 2 aromatic carbocycles. The highest BCUT2D eigenvalue weighted by molar-refractivity contribution is 6.02. The Hall–Kier alpha value is -2.62. The minimum Gasteiger partial charge on any atom is -0.398 e. The second kappa shape index (κ2) is 6.22. The lowest BCUT2D eigenvalue weighted by Crippen LogP contribution is -2.20. The Balaban J connectivity index is 2.15. The van der Waals surface area contributed by atoms with Crippen molar-refractivity contribution < 1.29 is 4.79 Å². The van der Waals surface area contributed by atoms with Gasteiger partial charge in [0.1, 0.15) is 0 Å². The summed E-state index contributed by atoms with van der Waals surface area (Å²) in [5.41, 5.74) is 13.3. The van der Waals surface area contributed by atoms with Crippen molar-refractivity contribution in [3.63, 3.8) is 0 Å². The fourth-order valence-electron chi connectivity index (χ4n) is 1.93. The van der Waals surface area contributed by atoms with Gasteiger partial charge in [0.15, 0.2) is 0 Å². The Bertz CT molecular complexity index is 705. The third kappa shape index (κ3) is 3.48. The molecule has 0 aliphatic carbocycles. The van der Waals surface area contributed by atoms with E-state index in [1.807, 2.05) is 19.1 Å². The molecule has 108 valence electrons. The van der Waals surface area contributed by atoms with E-state index < -0.39 is 0 Å². The number of nitrogens with zero attached hydrogens (tertiary/aromatic N) is 1. The average molecular weight is 281 g/mol. The van der Waals surface area contributed by atoms with E-state index in [4.69, 9.17) is 5.73 Å². The molecule has 0 aliphatic rings. The van der Waals surface area contributed by atoms with E-state index >= 15 is 0 Å². The van der Waals surface area contributed by atoms with Crippen LogP contribution in [0.25, 0.3) is 0 Å². The van der Waals surface area contributed by atoms with Crippen molar-refractivity contribution in [1.29, 1.82) is 0 Å². The predicted octanol–water partition coefficient (Wildman–Crippen LogP) is 3.04. The van der Waals surface area contributed by atoms with Crippen molar-refractivity contribution in [1.82, 2.24) is 5.43 Å². The van der Waals surface area contributed by atoms with Crippen LogP contribution in [-0.2, 0) is 0 Å². The van der Waals surface area contributed by atoms with Crippen LogP contribution in [0.15, 0.2) is 47.6 Å². The van der Waals surface area contributed by atoms with Crippen LogP contribution >= 0.6 is 0 Å². The topological polar surface area (TPSA) is 67.5 Å². The number of benzene rings is 2. The monoisotopic (exact) mass is 281 g/mol. The number of nitrogens with two attached hydrogens (primary N) is 1. The maximum Gasteiger partial charge on any atom is 0.273 e. The van der Waals surface area contributed by atoms with Gasteiger partial charge in [-0.05, 0) is 55.7 Å². The van der Waals surface area contributed by atoms with Crippen LogP contribution in [0.4, 0.5) is 5.69 Å². The predicted molar refractivity (Wildman–Crippen MR) is 86.4 cm³/mol. The Morgan fingerprint density at radius 2 is 1.81 bits per heavy atom. The number of nitrogen functional groups attached to an aromatic ring is 1. The van der Waals surface area contributed by atoms with Crippen molar-refractivity contribution >= 4 is 17.3 Å². The first-order valence-electron chi connectivity index (χ1n) is 6.76. The smallest absolute Gasteiger partial charge is 0.273 e. The first-order chi connectivity index (χ1) is 9.99. The minimum absolute atomic E-state index is 0.309. The van der Waals surface area contributed by atoms with Crippen LogP contribution in [0.5, 0.6) is 0 Å². The highest BCUT2D eigenvalue weighted by Gasteiger charge is 2.08. The normalized spacial score (nSPS) is 11.3. The molecular weight excluding hydrogens is 262 g/mol. The van der Waals surface area contributed by atoms with Crippen molar-refractivity contribution in [3.8, 4) is 0 Å². The summed E-state index contributed by atoms with van der Waals surface area (Å²) in [6.45, 7) is 5.97. The number of amides is 1. The molecule has 21 heavy (non-hydrogen) atoms. The Kier molecular flexibility index (Phi) is 4.38.